The van der Waals surface area contributed by atoms with Gasteiger partial charge in [0.1, 0.15) is 0 Å². The Morgan fingerprint density at radius 1 is 1.00 bits per heavy atom. The van der Waals surface area contributed by atoms with Crippen molar-refractivity contribution in [3.8, 4) is 16.9 Å². The van der Waals surface area contributed by atoms with Gasteiger partial charge in [0.05, 0.1) is 11.4 Å². The van der Waals surface area contributed by atoms with Gasteiger partial charge in [0.15, 0.2) is 0 Å². The minimum absolute atomic E-state index is 0. The molecule has 4 heteroatoms. The van der Waals surface area contributed by atoms with E-state index in [0.717, 1.165) is 24.5 Å². The molecule has 1 aromatic heterocycles. The fourth-order valence-corrected chi connectivity index (χ4v) is 3.25. The minimum Gasteiger partial charge on any atom is -0.367 e. The molecule has 0 amide bonds. The van der Waals surface area contributed by atoms with Crippen molar-refractivity contribution < 1.29 is 0 Å². The highest BCUT2D eigenvalue weighted by molar-refractivity contribution is 5.85. The van der Waals surface area contributed by atoms with Crippen LogP contribution in [-0.2, 0) is 6.54 Å². The van der Waals surface area contributed by atoms with Gasteiger partial charge in [-0.3, -0.25) is 0 Å². The highest BCUT2D eigenvalue weighted by Gasteiger charge is 2.24. The summed E-state index contributed by atoms with van der Waals surface area (Å²) in [4.78, 5) is 2.48. The Labute approximate surface area is 149 Å². The summed E-state index contributed by atoms with van der Waals surface area (Å²) in [6.45, 7) is 4.29. The summed E-state index contributed by atoms with van der Waals surface area (Å²) < 4.78 is 2.00. The van der Waals surface area contributed by atoms with Crippen LogP contribution < -0.4 is 4.90 Å². The summed E-state index contributed by atoms with van der Waals surface area (Å²) >= 11 is 0. The number of hydrogen-bond donors (Lipinski definition) is 0. The van der Waals surface area contributed by atoms with Gasteiger partial charge in [-0.1, -0.05) is 49.7 Å². The van der Waals surface area contributed by atoms with E-state index in [2.05, 4.69) is 66.6 Å². The molecule has 0 fully saturated rings. The Hall–Kier alpha value is -2.26. The minimum atomic E-state index is 0. The Kier molecular flexibility index (Phi) is 4.91. The highest BCUT2D eigenvalue weighted by atomic mass is 35.5. The van der Waals surface area contributed by atoms with Crippen molar-refractivity contribution in [1.29, 1.82) is 0 Å². The van der Waals surface area contributed by atoms with Crippen molar-refractivity contribution in [2.75, 3.05) is 11.4 Å². The molecule has 0 spiro atoms. The summed E-state index contributed by atoms with van der Waals surface area (Å²) in [5, 5.41) is 4.87. The lowest BCUT2D eigenvalue weighted by Crippen LogP contribution is -2.27. The average molecular weight is 340 g/mol. The smallest absolute Gasteiger partial charge is 0.0998 e. The fraction of sp³-hybridized carbons (Fsp3) is 0.250. The van der Waals surface area contributed by atoms with Crippen molar-refractivity contribution in [1.82, 2.24) is 9.78 Å². The molecule has 2 heterocycles. The van der Waals surface area contributed by atoms with E-state index in [1.165, 1.54) is 29.7 Å². The molecule has 2 aromatic carbocycles. The van der Waals surface area contributed by atoms with Gasteiger partial charge in [-0.05, 0) is 24.6 Å². The van der Waals surface area contributed by atoms with Crippen LogP contribution >= 0.6 is 12.4 Å². The Morgan fingerprint density at radius 2 is 1.75 bits per heavy atom. The molecule has 3 nitrogen and oxygen atoms in total. The Balaban J connectivity index is 0.00000169. The van der Waals surface area contributed by atoms with Crippen LogP contribution in [0, 0.1) is 0 Å². The van der Waals surface area contributed by atoms with Gasteiger partial charge >= 0.3 is 0 Å². The summed E-state index contributed by atoms with van der Waals surface area (Å²) in [6, 6.07) is 19.0. The molecular formula is C20H22ClN3. The molecule has 0 atom stereocenters. The predicted molar refractivity (Wildman–Crippen MR) is 102 cm³/mol. The summed E-state index contributed by atoms with van der Waals surface area (Å²) in [5.41, 5.74) is 6.10. The molecule has 0 N–H and O–H groups in total. The van der Waals surface area contributed by atoms with Gasteiger partial charge < -0.3 is 4.90 Å². The number of rotatable bonds is 4. The van der Waals surface area contributed by atoms with Crippen LogP contribution in [0.1, 0.15) is 25.3 Å². The van der Waals surface area contributed by atoms with Crippen molar-refractivity contribution in [2.45, 2.75) is 26.3 Å². The van der Waals surface area contributed by atoms with E-state index in [4.69, 9.17) is 5.10 Å². The number of para-hydroxylation sites is 2. The zero-order valence-electron chi connectivity index (χ0n) is 13.9. The molecule has 0 unspecified atom stereocenters. The van der Waals surface area contributed by atoms with E-state index in [1.807, 2.05) is 10.7 Å². The molecule has 0 saturated carbocycles. The third kappa shape index (κ3) is 2.92. The lowest BCUT2D eigenvalue weighted by Gasteiger charge is -2.30. The van der Waals surface area contributed by atoms with E-state index in [-0.39, 0.29) is 12.4 Å². The maximum absolute atomic E-state index is 4.87. The van der Waals surface area contributed by atoms with Gasteiger partial charge in [0, 0.05) is 36.1 Å². The van der Waals surface area contributed by atoms with Crippen LogP contribution in [0.2, 0.25) is 0 Å². The first-order valence-corrected chi connectivity index (χ1v) is 8.35. The first-order chi connectivity index (χ1) is 11.4. The molecule has 24 heavy (non-hydrogen) atoms. The van der Waals surface area contributed by atoms with Crippen LogP contribution in [0.4, 0.5) is 5.69 Å². The monoisotopic (exact) mass is 339 g/mol. The number of unbranched alkanes of at least 4 members (excludes halogenated alkanes) is 1. The second-order valence-corrected chi connectivity index (χ2v) is 6.08. The summed E-state index contributed by atoms with van der Waals surface area (Å²) in [5.74, 6) is 0. The van der Waals surface area contributed by atoms with Crippen LogP contribution in [0.3, 0.4) is 0 Å². The maximum atomic E-state index is 4.87. The number of aromatic nitrogens is 2. The zero-order valence-corrected chi connectivity index (χ0v) is 14.7. The van der Waals surface area contributed by atoms with Crippen LogP contribution in [0.5, 0.6) is 0 Å². The van der Waals surface area contributed by atoms with Gasteiger partial charge in [-0.15, -0.1) is 12.4 Å². The SMILES string of the molecule is CCCCN1Cc2cn(-c3ccccc3)nc2-c2ccccc21.Cl. The third-order valence-corrected chi connectivity index (χ3v) is 4.45. The number of hydrogen-bond acceptors (Lipinski definition) is 2. The number of halogens is 1. The van der Waals surface area contributed by atoms with E-state index in [9.17, 15) is 0 Å². The summed E-state index contributed by atoms with van der Waals surface area (Å²) in [6.07, 6.45) is 4.62. The molecular weight excluding hydrogens is 318 g/mol. The average Bonchev–Trinajstić information content (AvgIpc) is 3.05. The number of anilines is 1. The molecule has 0 aliphatic carbocycles. The van der Waals surface area contributed by atoms with Crippen LogP contribution in [0.15, 0.2) is 60.8 Å². The molecule has 1 aliphatic rings. The second-order valence-electron chi connectivity index (χ2n) is 6.08. The number of benzene rings is 2. The normalized spacial score (nSPS) is 12.3. The molecule has 0 bridgehead atoms. The lowest BCUT2D eigenvalue weighted by atomic mass is 10.00. The zero-order chi connectivity index (χ0) is 15.6. The molecule has 3 aromatic rings. The van der Waals surface area contributed by atoms with E-state index in [0.29, 0.717) is 0 Å². The van der Waals surface area contributed by atoms with Crippen molar-refractivity contribution in [3.05, 3.63) is 66.4 Å². The van der Waals surface area contributed by atoms with Gasteiger partial charge in [0.2, 0.25) is 0 Å². The quantitative estimate of drug-likeness (QED) is 0.660. The molecule has 1 aliphatic heterocycles. The summed E-state index contributed by atoms with van der Waals surface area (Å²) in [7, 11) is 0. The van der Waals surface area contributed by atoms with Crippen molar-refractivity contribution in [3.63, 3.8) is 0 Å². The van der Waals surface area contributed by atoms with Crippen molar-refractivity contribution in [2.24, 2.45) is 0 Å². The molecule has 4 rings (SSSR count). The molecule has 0 saturated heterocycles. The van der Waals surface area contributed by atoms with Gasteiger partial charge in [-0.2, -0.15) is 5.10 Å². The van der Waals surface area contributed by atoms with E-state index >= 15 is 0 Å². The highest BCUT2D eigenvalue weighted by Crippen LogP contribution is 2.38. The van der Waals surface area contributed by atoms with Crippen LogP contribution in [0.25, 0.3) is 16.9 Å². The van der Waals surface area contributed by atoms with Crippen LogP contribution in [-0.4, -0.2) is 16.3 Å². The number of nitrogens with zero attached hydrogens (tertiary/aromatic N) is 3. The van der Waals surface area contributed by atoms with Crippen molar-refractivity contribution >= 4 is 18.1 Å². The largest absolute Gasteiger partial charge is 0.367 e. The first-order valence-electron chi connectivity index (χ1n) is 8.35. The fourth-order valence-electron chi connectivity index (χ4n) is 3.25. The first kappa shape index (κ1) is 16.6. The lowest BCUT2D eigenvalue weighted by molar-refractivity contribution is 0.712. The van der Waals surface area contributed by atoms with E-state index < -0.39 is 0 Å². The van der Waals surface area contributed by atoms with E-state index in [1.54, 1.807) is 0 Å². The molecule has 0 radical (unpaired) electrons. The predicted octanol–water partition coefficient (Wildman–Crippen LogP) is 5.08. The number of fused-ring (bicyclic) bond motifs is 3. The Bertz CT molecular complexity index is 811. The molecule has 124 valence electrons. The topological polar surface area (TPSA) is 21.1 Å². The third-order valence-electron chi connectivity index (χ3n) is 4.45. The van der Waals surface area contributed by atoms with Gasteiger partial charge in [0.25, 0.3) is 0 Å². The standard InChI is InChI=1S/C20H21N3.ClH/c1-2-3-13-22-14-16-15-23(17-9-5-4-6-10-17)21-20(16)18-11-7-8-12-19(18)22;/h4-12,15H,2-3,13-14H2,1H3;1H. The second kappa shape index (κ2) is 7.10. The van der Waals surface area contributed by atoms with Gasteiger partial charge in [-0.25, -0.2) is 4.68 Å². The Morgan fingerprint density at radius 3 is 2.54 bits per heavy atom. The maximum Gasteiger partial charge on any atom is 0.0998 e.